The van der Waals surface area contributed by atoms with E-state index in [4.69, 9.17) is 0 Å². The number of nitrogens with zero attached hydrogens (tertiary/aromatic N) is 1. The predicted molar refractivity (Wildman–Crippen MR) is 117 cm³/mol. The van der Waals surface area contributed by atoms with Crippen molar-refractivity contribution in [1.29, 1.82) is 0 Å². The highest BCUT2D eigenvalue weighted by Crippen LogP contribution is 2.36. The highest BCUT2D eigenvalue weighted by atomic mass is 79.9. The summed E-state index contributed by atoms with van der Waals surface area (Å²) in [6.07, 6.45) is 0. The van der Waals surface area contributed by atoms with Crippen molar-refractivity contribution in [3.63, 3.8) is 0 Å². The molecule has 4 nitrogen and oxygen atoms in total. The van der Waals surface area contributed by atoms with Crippen LogP contribution in [0, 0.1) is 13.8 Å². The van der Waals surface area contributed by atoms with Crippen LogP contribution in [0.25, 0.3) is 5.57 Å². The second kappa shape index (κ2) is 7.37. The summed E-state index contributed by atoms with van der Waals surface area (Å²) in [6, 6.07) is 17.0. The summed E-state index contributed by atoms with van der Waals surface area (Å²) in [5, 5.41) is 5.07. The second-order valence-electron chi connectivity index (χ2n) is 6.65. The summed E-state index contributed by atoms with van der Waals surface area (Å²) in [6.45, 7) is 3.91. The number of anilines is 2. The lowest BCUT2D eigenvalue weighted by atomic mass is 10.1. The maximum Gasteiger partial charge on any atom is 0.282 e. The normalized spacial score (nSPS) is 14.2. The predicted octanol–water partition coefficient (Wildman–Crippen LogP) is 5.52. The van der Waals surface area contributed by atoms with Crippen LogP contribution < -0.4 is 10.2 Å². The molecule has 4 rings (SSSR count). The van der Waals surface area contributed by atoms with Gasteiger partial charge in [0.05, 0.1) is 11.3 Å². The third-order valence-electron chi connectivity index (χ3n) is 4.41. The van der Waals surface area contributed by atoms with Crippen LogP contribution in [-0.2, 0) is 9.59 Å². The maximum absolute atomic E-state index is 13.3. The molecule has 2 amide bonds. The lowest BCUT2D eigenvalue weighted by molar-refractivity contribution is -0.120. The van der Waals surface area contributed by atoms with Gasteiger partial charge >= 0.3 is 0 Å². The topological polar surface area (TPSA) is 49.4 Å². The lowest BCUT2D eigenvalue weighted by Gasteiger charge is -2.17. The fraction of sp³-hybridized carbons (Fsp3) is 0.0909. The van der Waals surface area contributed by atoms with Gasteiger partial charge in [0, 0.05) is 15.0 Å². The third-order valence-corrected chi connectivity index (χ3v) is 5.79. The lowest BCUT2D eigenvalue weighted by Crippen LogP contribution is -2.32. The third kappa shape index (κ3) is 3.41. The molecule has 0 fully saturated rings. The summed E-state index contributed by atoms with van der Waals surface area (Å²) in [5.74, 6) is -0.659. The highest BCUT2D eigenvalue weighted by Gasteiger charge is 2.40. The number of benzene rings is 2. The number of imide groups is 1. The number of rotatable bonds is 4. The van der Waals surface area contributed by atoms with Crippen molar-refractivity contribution >= 4 is 56.0 Å². The number of halogens is 1. The van der Waals surface area contributed by atoms with E-state index in [2.05, 4.69) is 21.2 Å². The minimum atomic E-state index is -0.349. The van der Waals surface area contributed by atoms with Crippen molar-refractivity contribution in [2.24, 2.45) is 0 Å². The van der Waals surface area contributed by atoms with Crippen LogP contribution in [0.15, 0.2) is 70.1 Å². The van der Waals surface area contributed by atoms with Crippen molar-refractivity contribution in [1.82, 2.24) is 0 Å². The molecule has 0 unspecified atom stereocenters. The SMILES string of the molecule is Cc1cc(C)cc(N2C(=O)C(Nc3cccc(Br)c3)=C(c3cccs3)C2=O)c1. The van der Waals surface area contributed by atoms with Gasteiger partial charge in [0.15, 0.2) is 0 Å². The molecule has 3 aromatic rings. The van der Waals surface area contributed by atoms with Crippen LogP contribution in [0.3, 0.4) is 0 Å². The van der Waals surface area contributed by atoms with Gasteiger partial charge in [-0.25, -0.2) is 4.90 Å². The van der Waals surface area contributed by atoms with Crippen molar-refractivity contribution < 1.29 is 9.59 Å². The van der Waals surface area contributed by atoms with Crippen molar-refractivity contribution in [2.75, 3.05) is 10.2 Å². The molecule has 0 radical (unpaired) electrons. The molecule has 0 saturated carbocycles. The Balaban J connectivity index is 1.82. The van der Waals surface area contributed by atoms with Crippen molar-refractivity contribution in [2.45, 2.75) is 13.8 Å². The molecule has 6 heteroatoms. The molecule has 0 aliphatic carbocycles. The minimum Gasteiger partial charge on any atom is -0.350 e. The Morgan fingerprint density at radius 2 is 1.68 bits per heavy atom. The van der Waals surface area contributed by atoms with Crippen molar-refractivity contribution in [3.05, 3.63) is 86.2 Å². The second-order valence-corrected chi connectivity index (χ2v) is 8.52. The number of aryl methyl sites for hydroxylation is 2. The largest absolute Gasteiger partial charge is 0.350 e. The molecular formula is C22H17BrN2O2S. The number of nitrogens with one attached hydrogen (secondary N) is 1. The first-order valence-corrected chi connectivity index (χ1v) is 10.4. The molecule has 0 atom stereocenters. The zero-order valence-corrected chi connectivity index (χ0v) is 17.7. The molecule has 2 aromatic carbocycles. The zero-order valence-electron chi connectivity index (χ0n) is 15.3. The Kier molecular flexibility index (Phi) is 4.91. The molecule has 1 aliphatic rings. The van der Waals surface area contributed by atoms with Crippen LogP contribution in [-0.4, -0.2) is 11.8 Å². The van der Waals surface area contributed by atoms with Gasteiger partial charge in [0.2, 0.25) is 0 Å². The molecule has 0 bridgehead atoms. The average molecular weight is 453 g/mol. The molecule has 140 valence electrons. The number of hydrogen-bond donors (Lipinski definition) is 1. The van der Waals surface area contributed by atoms with E-state index in [1.807, 2.05) is 73.8 Å². The average Bonchev–Trinajstić information content (AvgIpc) is 3.21. The van der Waals surface area contributed by atoms with E-state index in [9.17, 15) is 9.59 Å². The van der Waals surface area contributed by atoms with E-state index in [1.54, 1.807) is 0 Å². The van der Waals surface area contributed by atoms with E-state index < -0.39 is 0 Å². The van der Waals surface area contributed by atoms with Gasteiger partial charge in [-0.3, -0.25) is 9.59 Å². The standard InChI is InChI=1S/C22H17BrN2O2S/c1-13-9-14(2)11-17(10-13)25-21(26)19(18-7-4-8-28-18)20(22(25)27)24-16-6-3-5-15(23)12-16/h3-12,24H,1-2H3. The summed E-state index contributed by atoms with van der Waals surface area (Å²) in [7, 11) is 0. The van der Waals surface area contributed by atoms with Crippen LogP contribution in [0.4, 0.5) is 11.4 Å². The summed E-state index contributed by atoms with van der Waals surface area (Å²) >= 11 is 4.88. The zero-order chi connectivity index (χ0) is 19.8. The fourth-order valence-electron chi connectivity index (χ4n) is 3.32. The van der Waals surface area contributed by atoms with Crippen LogP contribution in [0.1, 0.15) is 16.0 Å². The van der Waals surface area contributed by atoms with E-state index in [1.165, 1.54) is 16.2 Å². The Bertz CT molecular complexity index is 1100. The number of carbonyl (C=O) groups is 2. The van der Waals surface area contributed by atoms with Gasteiger partial charge in [-0.2, -0.15) is 0 Å². The van der Waals surface area contributed by atoms with Crippen molar-refractivity contribution in [3.8, 4) is 0 Å². The van der Waals surface area contributed by atoms with Gasteiger partial charge in [0.1, 0.15) is 5.70 Å². The van der Waals surface area contributed by atoms with Crippen LogP contribution in [0.5, 0.6) is 0 Å². The Labute approximate surface area is 175 Å². The van der Waals surface area contributed by atoms with Gasteiger partial charge in [0.25, 0.3) is 11.8 Å². The van der Waals surface area contributed by atoms with Gasteiger partial charge in [-0.1, -0.05) is 34.1 Å². The molecule has 1 N–H and O–H groups in total. The molecule has 2 heterocycles. The first kappa shape index (κ1) is 18.7. The Morgan fingerprint density at radius 1 is 0.929 bits per heavy atom. The summed E-state index contributed by atoms with van der Waals surface area (Å²) < 4.78 is 0.888. The van der Waals surface area contributed by atoms with E-state index in [-0.39, 0.29) is 11.8 Å². The first-order chi connectivity index (χ1) is 13.4. The Hall–Kier alpha value is -2.70. The molecule has 1 aromatic heterocycles. The smallest absolute Gasteiger partial charge is 0.282 e. The summed E-state index contributed by atoms with van der Waals surface area (Å²) in [5.41, 5.74) is 4.03. The van der Waals surface area contributed by atoms with E-state index in [0.717, 1.165) is 26.2 Å². The maximum atomic E-state index is 13.3. The summed E-state index contributed by atoms with van der Waals surface area (Å²) in [4.78, 5) is 28.6. The highest BCUT2D eigenvalue weighted by molar-refractivity contribution is 9.10. The van der Waals surface area contributed by atoms with E-state index >= 15 is 0 Å². The molecule has 1 aliphatic heterocycles. The van der Waals surface area contributed by atoms with Crippen LogP contribution >= 0.6 is 27.3 Å². The molecule has 0 saturated heterocycles. The monoisotopic (exact) mass is 452 g/mol. The van der Waals surface area contributed by atoms with Gasteiger partial charge in [-0.05, 0) is 66.8 Å². The minimum absolute atomic E-state index is 0.296. The number of hydrogen-bond acceptors (Lipinski definition) is 4. The molecule has 28 heavy (non-hydrogen) atoms. The van der Waals surface area contributed by atoms with Crippen LogP contribution in [0.2, 0.25) is 0 Å². The van der Waals surface area contributed by atoms with E-state index in [0.29, 0.717) is 17.0 Å². The molecular weight excluding hydrogens is 436 g/mol. The fourth-order valence-corrected chi connectivity index (χ4v) is 4.49. The Morgan fingerprint density at radius 3 is 2.32 bits per heavy atom. The van der Waals surface area contributed by atoms with Gasteiger partial charge < -0.3 is 5.32 Å². The number of carbonyl (C=O) groups excluding carboxylic acids is 2. The molecule has 0 spiro atoms. The number of amides is 2. The first-order valence-electron chi connectivity index (χ1n) is 8.72. The quantitative estimate of drug-likeness (QED) is 0.529. The van der Waals surface area contributed by atoms with Gasteiger partial charge in [-0.15, -0.1) is 11.3 Å². The number of thiophene rings is 1.